The molecule has 0 atom stereocenters. The van der Waals surface area contributed by atoms with Gasteiger partial charge in [-0.25, -0.2) is 14.6 Å². The molecule has 0 aliphatic heterocycles. The third-order valence-corrected chi connectivity index (χ3v) is 3.00. The fourth-order valence-electron chi connectivity index (χ4n) is 2.07. The Balaban J connectivity index is 1.99. The Labute approximate surface area is 116 Å². The number of hydrogen-bond donors (Lipinski definition) is 0. The second kappa shape index (κ2) is 5.52. The van der Waals surface area contributed by atoms with Crippen LogP contribution in [0.4, 0.5) is 0 Å². The maximum Gasteiger partial charge on any atom is 0.221 e. The fraction of sp³-hybridized carbons (Fsp3) is 0.133. The zero-order valence-corrected chi connectivity index (χ0v) is 11.1. The van der Waals surface area contributed by atoms with E-state index in [2.05, 4.69) is 21.1 Å². The number of benzene rings is 1. The van der Waals surface area contributed by atoms with Gasteiger partial charge in [0, 0.05) is 11.8 Å². The quantitative estimate of drug-likeness (QED) is 0.727. The highest BCUT2D eigenvalue weighted by Gasteiger charge is 2.08. The van der Waals surface area contributed by atoms with Crippen LogP contribution < -0.4 is 4.74 Å². The molecule has 0 aliphatic carbocycles. The van der Waals surface area contributed by atoms with Gasteiger partial charge in [-0.05, 0) is 17.2 Å². The van der Waals surface area contributed by atoms with Crippen LogP contribution in [0.15, 0.2) is 55.2 Å². The predicted octanol–water partition coefficient (Wildman–Crippen LogP) is 2.40. The van der Waals surface area contributed by atoms with E-state index in [1.165, 1.54) is 6.33 Å². The van der Waals surface area contributed by atoms with Crippen LogP contribution in [0, 0.1) is 0 Å². The average molecular weight is 266 g/mol. The molecule has 0 amide bonds. The molecule has 0 aliphatic rings. The summed E-state index contributed by atoms with van der Waals surface area (Å²) >= 11 is 0. The topological polar surface area (TPSA) is 52.8 Å². The van der Waals surface area contributed by atoms with Gasteiger partial charge in [-0.1, -0.05) is 30.3 Å². The van der Waals surface area contributed by atoms with Gasteiger partial charge in [0.05, 0.1) is 13.7 Å². The first-order chi connectivity index (χ1) is 9.86. The smallest absolute Gasteiger partial charge is 0.221 e. The first-order valence-electron chi connectivity index (χ1n) is 6.27. The monoisotopic (exact) mass is 266 g/mol. The van der Waals surface area contributed by atoms with E-state index in [9.17, 15) is 0 Å². The second-order valence-electron chi connectivity index (χ2n) is 4.36. The van der Waals surface area contributed by atoms with E-state index in [4.69, 9.17) is 4.74 Å². The minimum absolute atomic E-state index is 0.624. The van der Waals surface area contributed by atoms with Crippen molar-refractivity contribution in [1.29, 1.82) is 0 Å². The van der Waals surface area contributed by atoms with E-state index in [-0.39, 0.29) is 0 Å². The summed E-state index contributed by atoms with van der Waals surface area (Å²) in [5.74, 6) is 0.624. The molecule has 2 aromatic heterocycles. The first kappa shape index (κ1) is 12.3. The average Bonchev–Trinajstić information content (AvgIpc) is 3.01. The standard InChI is InChI=1S/C15H14N4O/c1-20-15-14(13-5-3-2-4-6-13)7-12(8-17-15)9-19-11-16-10-18-19/h2-8,10-11H,9H2,1H3. The summed E-state index contributed by atoms with van der Waals surface area (Å²) in [6, 6.07) is 12.1. The maximum atomic E-state index is 5.34. The molecule has 0 N–H and O–H groups in total. The zero-order chi connectivity index (χ0) is 13.8. The highest BCUT2D eigenvalue weighted by Crippen LogP contribution is 2.28. The molecule has 0 bridgehead atoms. The van der Waals surface area contributed by atoms with Gasteiger partial charge < -0.3 is 4.74 Å². The van der Waals surface area contributed by atoms with Crippen molar-refractivity contribution in [3.8, 4) is 17.0 Å². The Kier molecular flexibility index (Phi) is 3.41. The largest absolute Gasteiger partial charge is 0.481 e. The van der Waals surface area contributed by atoms with Gasteiger partial charge in [0.15, 0.2) is 0 Å². The highest BCUT2D eigenvalue weighted by molar-refractivity contribution is 5.69. The molecule has 5 heteroatoms. The number of nitrogens with zero attached hydrogens (tertiary/aromatic N) is 4. The van der Waals surface area contributed by atoms with Gasteiger partial charge >= 0.3 is 0 Å². The molecule has 2 heterocycles. The molecule has 5 nitrogen and oxygen atoms in total. The number of methoxy groups -OCH3 is 1. The van der Waals surface area contributed by atoms with Gasteiger partial charge in [0.2, 0.25) is 5.88 Å². The SMILES string of the molecule is COc1ncc(Cn2cncn2)cc1-c1ccccc1. The van der Waals surface area contributed by atoms with Crippen LogP contribution in [0.2, 0.25) is 0 Å². The molecule has 0 spiro atoms. The molecule has 100 valence electrons. The van der Waals surface area contributed by atoms with Crippen molar-refractivity contribution >= 4 is 0 Å². The summed E-state index contributed by atoms with van der Waals surface area (Å²) in [5, 5.41) is 4.10. The number of hydrogen-bond acceptors (Lipinski definition) is 4. The van der Waals surface area contributed by atoms with Crippen molar-refractivity contribution in [3.05, 3.63) is 60.8 Å². The summed E-state index contributed by atoms with van der Waals surface area (Å²) in [6.07, 6.45) is 5.01. The second-order valence-corrected chi connectivity index (χ2v) is 4.36. The normalized spacial score (nSPS) is 10.4. The Morgan fingerprint density at radius 2 is 2.05 bits per heavy atom. The first-order valence-corrected chi connectivity index (χ1v) is 6.27. The Hall–Kier alpha value is -2.69. The van der Waals surface area contributed by atoms with Gasteiger partial charge in [0.1, 0.15) is 12.7 Å². The van der Waals surface area contributed by atoms with Crippen LogP contribution in [-0.4, -0.2) is 26.9 Å². The number of pyridine rings is 1. The molecule has 0 saturated carbocycles. The summed E-state index contributed by atoms with van der Waals surface area (Å²) in [5.41, 5.74) is 3.11. The number of aromatic nitrogens is 4. The van der Waals surface area contributed by atoms with Crippen LogP contribution in [0.5, 0.6) is 5.88 Å². The lowest BCUT2D eigenvalue weighted by molar-refractivity contribution is 0.399. The molecular weight excluding hydrogens is 252 g/mol. The van der Waals surface area contributed by atoms with Gasteiger partial charge in [0.25, 0.3) is 0 Å². The van der Waals surface area contributed by atoms with Crippen LogP contribution in [0.3, 0.4) is 0 Å². The van der Waals surface area contributed by atoms with Crippen LogP contribution in [0.1, 0.15) is 5.56 Å². The molecule has 0 radical (unpaired) electrons. The van der Waals surface area contributed by atoms with Crippen molar-refractivity contribution in [1.82, 2.24) is 19.7 Å². The summed E-state index contributed by atoms with van der Waals surface area (Å²) < 4.78 is 7.11. The lowest BCUT2D eigenvalue weighted by Gasteiger charge is -2.10. The minimum atomic E-state index is 0.624. The molecule has 0 saturated heterocycles. The molecule has 3 rings (SSSR count). The summed E-state index contributed by atoms with van der Waals surface area (Å²) in [6.45, 7) is 0.636. The third-order valence-electron chi connectivity index (χ3n) is 3.00. The van der Waals surface area contributed by atoms with Crippen LogP contribution >= 0.6 is 0 Å². The molecule has 0 fully saturated rings. The van der Waals surface area contributed by atoms with E-state index >= 15 is 0 Å². The van der Waals surface area contributed by atoms with Crippen molar-refractivity contribution in [2.75, 3.05) is 7.11 Å². The van der Waals surface area contributed by atoms with E-state index < -0.39 is 0 Å². The van der Waals surface area contributed by atoms with Crippen LogP contribution in [-0.2, 0) is 6.54 Å². The molecule has 20 heavy (non-hydrogen) atoms. The lowest BCUT2D eigenvalue weighted by Crippen LogP contribution is -2.02. The van der Waals surface area contributed by atoms with Gasteiger partial charge in [-0.3, -0.25) is 0 Å². The Morgan fingerprint density at radius 1 is 1.20 bits per heavy atom. The van der Waals surface area contributed by atoms with Crippen molar-refractivity contribution in [2.24, 2.45) is 0 Å². The van der Waals surface area contributed by atoms with E-state index in [1.807, 2.05) is 30.3 Å². The van der Waals surface area contributed by atoms with Crippen LogP contribution in [0.25, 0.3) is 11.1 Å². The summed E-state index contributed by atoms with van der Waals surface area (Å²) in [4.78, 5) is 8.31. The van der Waals surface area contributed by atoms with E-state index in [1.54, 1.807) is 24.3 Å². The minimum Gasteiger partial charge on any atom is -0.481 e. The third kappa shape index (κ3) is 2.51. The molecular formula is C15H14N4O. The van der Waals surface area contributed by atoms with Gasteiger partial charge in [-0.2, -0.15) is 5.10 Å². The lowest BCUT2D eigenvalue weighted by atomic mass is 10.1. The van der Waals surface area contributed by atoms with E-state index in [0.717, 1.165) is 16.7 Å². The maximum absolute atomic E-state index is 5.34. The van der Waals surface area contributed by atoms with Crippen molar-refractivity contribution in [3.63, 3.8) is 0 Å². The Bertz CT molecular complexity index is 680. The van der Waals surface area contributed by atoms with E-state index in [0.29, 0.717) is 12.4 Å². The molecule has 1 aromatic carbocycles. The van der Waals surface area contributed by atoms with Crippen molar-refractivity contribution < 1.29 is 4.74 Å². The molecule has 0 unspecified atom stereocenters. The summed E-state index contributed by atoms with van der Waals surface area (Å²) in [7, 11) is 1.63. The predicted molar refractivity (Wildman–Crippen MR) is 75.3 cm³/mol. The van der Waals surface area contributed by atoms with Crippen molar-refractivity contribution in [2.45, 2.75) is 6.54 Å². The van der Waals surface area contributed by atoms with Gasteiger partial charge in [-0.15, -0.1) is 0 Å². The molecule has 3 aromatic rings. The number of ether oxygens (including phenoxy) is 1. The zero-order valence-electron chi connectivity index (χ0n) is 11.1. The number of rotatable bonds is 4. The fourth-order valence-corrected chi connectivity index (χ4v) is 2.07. The Morgan fingerprint density at radius 3 is 2.75 bits per heavy atom. The highest BCUT2D eigenvalue weighted by atomic mass is 16.5.